The van der Waals surface area contributed by atoms with Crippen molar-refractivity contribution in [2.24, 2.45) is 0 Å². The van der Waals surface area contributed by atoms with E-state index < -0.39 is 11.9 Å². The maximum atomic E-state index is 11.7. The number of carbonyl (C=O) groups is 2. The smallest absolute Gasteiger partial charge is 0.325 e. The van der Waals surface area contributed by atoms with E-state index in [-0.39, 0.29) is 6.54 Å². The molecule has 2 aromatic rings. The Kier molecular flexibility index (Phi) is 5.16. The highest BCUT2D eigenvalue weighted by Crippen LogP contribution is 2.09. The molecule has 0 aliphatic heterocycles. The molecule has 0 aromatic heterocycles. The molecule has 3 N–H and O–H groups in total. The van der Waals surface area contributed by atoms with Gasteiger partial charge < -0.3 is 10.6 Å². The highest BCUT2D eigenvalue weighted by atomic mass is 16.2. The summed E-state index contributed by atoms with van der Waals surface area (Å²) in [4.78, 5) is 23.4. The molecule has 2 rings (SSSR count). The number of para-hydroxylation sites is 1. The Morgan fingerprint density at radius 2 is 1.73 bits per heavy atom. The van der Waals surface area contributed by atoms with E-state index in [1.807, 2.05) is 30.3 Å². The van der Waals surface area contributed by atoms with Gasteiger partial charge in [-0.3, -0.25) is 10.1 Å². The van der Waals surface area contributed by atoms with Gasteiger partial charge in [-0.1, -0.05) is 30.2 Å². The van der Waals surface area contributed by atoms with Crippen molar-refractivity contribution in [1.29, 1.82) is 0 Å². The molecule has 0 saturated heterocycles. The van der Waals surface area contributed by atoms with Crippen LogP contribution >= 0.6 is 0 Å². The topological polar surface area (TPSA) is 70.2 Å². The molecule has 22 heavy (non-hydrogen) atoms. The summed E-state index contributed by atoms with van der Waals surface area (Å²) in [5.41, 5.74) is 1.98. The van der Waals surface area contributed by atoms with Gasteiger partial charge >= 0.3 is 6.03 Å². The molecule has 0 bridgehead atoms. The van der Waals surface area contributed by atoms with Crippen LogP contribution in [0.25, 0.3) is 0 Å². The van der Waals surface area contributed by atoms with E-state index in [9.17, 15) is 9.59 Å². The Morgan fingerprint density at radius 3 is 2.45 bits per heavy atom. The first-order valence-electron chi connectivity index (χ1n) is 6.64. The summed E-state index contributed by atoms with van der Waals surface area (Å²) in [7, 11) is 0. The molecule has 0 fully saturated rings. The number of anilines is 2. The fraction of sp³-hybridized carbons (Fsp3) is 0.0588. The quantitative estimate of drug-likeness (QED) is 0.758. The number of terminal acetylenes is 1. The van der Waals surface area contributed by atoms with Crippen LogP contribution in [-0.4, -0.2) is 18.5 Å². The number of hydrogen-bond acceptors (Lipinski definition) is 3. The summed E-state index contributed by atoms with van der Waals surface area (Å²) >= 11 is 0. The van der Waals surface area contributed by atoms with Gasteiger partial charge in [-0.25, -0.2) is 4.79 Å². The van der Waals surface area contributed by atoms with Crippen molar-refractivity contribution in [2.45, 2.75) is 0 Å². The van der Waals surface area contributed by atoms with Crippen molar-refractivity contribution < 1.29 is 9.59 Å². The molecule has 0 aliphatic rings. The van der Waals surface area contributed by atoms with Gasteiger partial charge in [0.25, 0.3) is 0 Å². The molecule has 0 atom stereocenters. The highest BCUT2D eigenvalue weighted by Gasteiger charge is 2.07. The Hall–Kier alpha value is -3.26. The zero-order valence-corrected chi connectivity index (χ0v) is 11.8. The predicted octanol–water partition coefficient (Wildman–Crippen LogP) is 2.43. The van der Waals surface area contributed by atoms with Gasteiger partial charge in [0.05, 0.1) is 6.54 Å². The van der Waals surface area contributed by atoms with Crippen molar-refractivity contribution in [3.63, 3.8) is 0 Å². The lowest BCUT2D eigenvalue weighted by Crippen LogP contribution is -2.37. The third-order valence-electron chi connectivity index (χ3n) is 2.77. The van der Waals surface area contributed by atoms with Gasteiger partial charge in [0.2, 0.25) is 5.91 Å². The first-order valence-corrected chi connectivity index (χ1v) is 6.64. The molecule has 0 unspecified atom stereocenters. The van der Waals surface area contributed by atoms with E-state index in [1.54, 1.807) is 24.3 Å². The normalized spacial score (nSPS) is 9.41. The van der Waals surface area contributed by atoms with E-state index in [1.165, 1.54) is 0 Å². The second-order valence-electron chi connectivity index (χ2n) is 4.45. The van der Waals surface area contributed by atoms with Crippen LogP contribution in [0.1, 0.15) is 5.56 Å². The van der Waals surface area contributed by atoms with E-state index in [0.29, 0.717) is 11.3 Å². The van der Waals surface area contributed by atoms with Gasteiger partial charge in [0.1, 0.15) is 0 Å². The molecule has 0 radical (unpaired) electrons. The second kappa shape index (κ2) is 7.50. The monoisotopic (exact) mass is 293 g/mol. The maximum absolute atomic E-state index is 11.7. The molecule has 2 aromatic carbocycles. The Balaban J connectivity index is 1.81. The molecule has 5 heteroatoms. The molecule has 0 spiro atoms. The third-order valence-corrected chi connectivity index (χ3v) is 2.77. The van der Waals surface area contributed by atoms with Gasteiger partial charge in [-0.2, -0.15) is 0 Å². The summed E-state index contributed by atoms with van der Waals surface area (Å²) in [6, 6.07) is 15.5. The van der Waals surface area contributed by atoms with Crippen LogP contribution in [0, 0.1) is 12.3 Å². The number of benzene rings is 2. The fourth-order valence-corrected chi connectivity index (χ4v) is 1.76. The molecule has 0 aliphatic carbocycles. The molecule has 0 heterocycles. The second-order valence-corrected chi connectivity index (χ2v) is 4.45. The summed E-state index contributed by atoms with van der Waals surface area (Å²) in [6.45, 7) is 0.00181. The van der Waals surface area contributed by atoms with Crippen LogP contribution in [0.4, 0.5) is 16.2 Å². The van der Waals surface area contributed by atoms with Gasteiger partial charge in [-0.15, -0.1) is 6.42 Å². The number of rotatable bonds is 4. The van der Waals surface area contributed by atoms with E-state index in [2.05, 4.69) is 21.9 Å². The van der Waals surface area contributed by atoms with Crippen LogP contribution in [-0.2, 0) is 4.79 Å². The Morgan fingerprint density at radius 1 is 1.00 bits per heavy atom. The van der Waals surface area contributed by atoms with Crippen molar-refractivity contribution in [1.82, 2.24) is 5.32 Å². The summed E-state index contributed by atoms with van der Waals surface area (Å²) in [5, 5.41) is 7.70. The third kappa shape index (κ3) is 4.69. The van der Waals surface area contributed by atoms with Crippen molar-refractivity contribution >= 4 is 23.3 Å². The van der Waals surface area contributed by atoms with Crippen molar-refractivity contribution in [2.75, 3.05) is 17.2 Å². The first-order chi connectivity index (χ1) is 10.7. The number of carbonyl (C=O) groups excluding carboxylic acids is 2. The van der Waals surface area contributed by atoms with Gasteiger partial charge in [0.15, 0.2) is 0 Å². The molecule has 3 amide bonds. The van der Waals surface area contributed by atoms with E-state index in [4.69, 9.17) is 6.42 Å². The fourth-order valence-electron chi connectivity index (χ4n) is 1.76. The van der Waals surface area contributed by atoms with Gasteiger partial charge in [0, 0.05) is 16.9 Å². The van der Waals surface area contributed by atoms with E-state index in [0.717, 1.165) is 5.69 Å². The lowest BCUT2D eigenvalue weighted by molar-refractivity contribution is -0.118. The minimum absolute atomic E-state index is 0.00181. The summed E-state index contributed by atoms with van der Waals surface area (Å²) in [6.07, 6.45) is 5.28. The zero-order chi connectivity index (χ0) is 15.8. The number of imide groups is 1. The lowest BCUT2D eigenvalue weighted by atomic mass is 10.2. The van der Waals surface area contributed by atoms with Crippen molar-refractivity contribution in [3.8, 4) is 12.3 Å². The number of urea groups is 1. The average molecular weight is 293 g/mol. The summed E-state index contributed by atoms with van der Waals surface area (Å²) in [5.74, 6) is 2.04. The first kappa shape index (κ1) is 15.1. The Bertz CT molecular complexity index is 705. The molecule has 5 nitrogen and oxygen atoms in total. The number of nitrogens with one attached hydrogen (secondary N) is 3. The van der Waals surface area contributed by atoms with Crippen LogP contribution in [0.3, 0.4) is 0 Å². The number of amides is 3. The number of hydrogen-bond donors (Lipinski definition) is 3. The molecular weight excluding hydrogens is 278 g/mol. The largest absolute Gasteiger partial charge is 0.376 e. The van der Waals surface area contributed by atoms with Crippen LogP contribution in [0.2, 0.25) is 0 Å². The highest BCUT2D eigenvalue weighted by molar-refractivity contribution is 6.02. The van der Waals surface area contributed by atoms with Crippen LogP contribution in [0.15, 0.2) is 54.6 Å². The molecule has 110 valence electrons. The standard InChI is InChI=1S/C17H15N3O2/c1-2-13-7-6-10-15(11-13)19-17(22)20-16(21)12-18-14-8-4-3-5-9-14/h1,3-11,18H,12H2,(H2,19,20,21,22). The predicted molar refractivity (Wildman–Crippen MR) is 86.5 cm³/mol. The van der Waals surface area contributed by atoms with E-state index >= 15 is 0 Å². The minimum atomic E-state index is -0.603. The lowest BCUT2D eigenvalue weighted by Gasteiger charge is -2.08. The SMILES string of the molecule is C#Cc1cccc(NC(=O)NC(=O)CNc2ccccc2)c1. The van der Waals surface area contributed by atoms with Gasteiger partial charge in [-0.05, 0) is 30.3 Å². The van der Waals surface area contributed by atoms with Crippen molar-refractivity contribution in [3.05, 3.63) is 60.2 Å². The maximum Gasteiger partial charge on any atom is 0.325 e. The Labute approximate surface area is 128 Å². The zero-order valence-electron chi connectivity index (χ0n) is 11.8. The average Bonchev–Trinajstić information content (AvgIpc) is 2.54. The molecular formula is C17H15N3O2. The minimum Gasteiger partial charge on any atom is -0.376 e. The molecule has 0 saturated carbocycles. The van der Waals surface area contributed by atoms with Crippen LogP contribution < -0.4 is 16.0 Å². The summed E-state index contributed by atoms with van der Waals surface area (Å²) < 4.78 is 0. The van der Waals surface area contributed by atoms with Crippen LogP contribution in [0.5, 0.6) is 0 Å².